The van der Waals surface area contributed by atoms with Gasteiger partial charge in [0.25, 0.3) is 0 Å². The number of aromatic nitrogens is 2. The fraction of sp³-hybridized carbons (Fsp3) is 0.654. The second-order valence-corrected chi connectivity index (χ2v) is 11.5. The van der Waals surface area contributed by atoms with Crippen LogP contribution in [0.5, 0.6) is 6.01 Å². The number of fused-ring (bicyclic) bond motifs is 2. The Bertz CT molecular complexity index is 1080. The van der Waals surface area contributed by atoms with Crippen LogP contribution in [-0.4, -0.2) is 88.9 Å². The highest BCUT2D eigenvalue weighted by Crippen LogP contribution is 2.42. The molecule has 190 valence electrons. The number of hydrogen-bond acceptors (Lipinski definition) is 8. The van der Waals surface area contributed by atoms with Crippen LogP contribution < -0.4 is 9.64 Å². The largest absolute Gasteiger partial charge is 0.461 e. The number of aliphatic imine (C=N–C) groups is 1. The lowest BCUT2D eigenvalue weighted by molar-refractivity contribution is -0.0135. The number of aliphatic hydroxyl groups is 1. The van der Waals surface area contributed by atoms with E-state index in [1.807, 2.05) is 13.0 Å². The first kappa shape index (κ1) is 24.9. The molecular formula is C26H36BrN5O3. The lowest BCUT2D eigenvalue weighted by Gasteiger charge is -2.47. The van der Waals surface area contributed by atoms with Crippen LogP contribution in [0.25, 0.3) is 11.6 Å². The van der Waals surface area contributed by atoms with Crippen molar-refractivity contribution >= 4 is 39.1 Å². The molecule has 1 aromatic rings. The van der Waals surface area contributed by atoms with Gasteiger partial charge in [0.2, 0.25) is 0 Å². The Morgan fingerprint density at radius 2 is 2.11 bits per heavy atom. The molecule has 3 fully saturated rings. The summed E-state index contributed by atoms with van der Waals surface area (Å²) in [5.74, 6) is 0.756. The quantitative estimate of drug-likeness (QED) is 0.604. The molecule has 0 bridgehead atoms. The highest BCUT2D eigenvalue weighted by molar-refractivity contribution is 9.12. The molecule has 0 aromatic carbocycles. The zero-order valence-electron chi connectivity index (χ0n) is 21.2. The normalized spacial score (nSPS) is 31.3. The van der Waals surface area contributed by atoms with Crippen LogP contribution >= 0.6 is 15.9 Å². The number of anilines is 1. The molecule has 1 N–H and O–H groups in total. The smallest absolute Gasteiger partial charge is 0.319 e. The molecule has 1 aromatic heterocycles. The van der Waals surface area contributed by atoms with Crippen molar-refractivity contribution in [2.45, 2.75) is 64.1 Å². The molecule has 0 amide bonds. The van der Waals surface area contributed by atoms with Gasteiger partial charge in [-0.3, -0.25) is 9.89 Å². The lowest BCUT2D eigenvalue weighted by atomic mass is 9.86. The lowest BCUT2D eigenvalue weighted by Crippen LogP contribution is -2.59. The molecule has 0 radical (unpaired) electrons. The zero-order chi connectivity index (χ0) is 24.8. The molecule has 3 saturated heterocycles. The minimum atomic E-state index is -0.985. The maximum atomic E-state index is 10.9. The predicted molar refractivity (Wildman–Crippen MR) is 142 cm³/mol. The molecule has 0 saturated carbocycles. The summed E-state index contributed by atoms with van der Waals surface area (Å²) in [7, 11) is 0. The minimum Gasteiger partial charge on any atom is -0.461 e. The van der Waals surface area contributed by atoms with E-state index in [1.54, 1.807) is 6.92 Å². The topological polar surface area (TPSA) is 83.3 Å². The number of allylic oxidation sites excluding steroid dienone is 3. The van der Waals surface area contributed by atoms with E-state index >= 15 is 0 Å². The third-order valence-corrected chi connectivity index (χ3v) is 8.00. The van der Waals surface area contributed by atoms with Crippen LogP contribution in [0.1, 0.15) is 58.2 Å². The Labute approximate surface area is 216 Å². The maximum absolute atomic E-state index is 10.9. The first-order valence-electron chi connectivity index (χ1n) is 12.7. The number of hydrogen-bond donors (Lipinski definition) is 1. The van der Waals surface area contributed by atoms with Gasteiger partial charge in [-0.05, 0) is 75.5 Å². The fourth-order valence-electron chi connectivity index (χ4n) is 5.64. The number of β-amino-alcohol motifs (C(OH)–C–C–N with tert-alkyl or cyclic N) is 1. The van der Waals surface area contributed by atoms with Gasteiger partial charge in [0.1, 0.15) is 18.0 Å². The van der Waals surface area contributed by atoms with E-state index in [2.05, 4.69) is 45.7 Å². The van der Waals surface area contributed by atoms with Gasteiger partial charge in [-0.15, -0.1) is 0 Å². The Morgan fingerprint density at radius 1 is 1.29 bits per heavy atom. The van der Waals surface area contributed by atoms with Crippen molar-refractivity contribution in [1.82, 2.24) is 14.9 Å². The SMILES string of the molecule is C/C=C1\C(=NC(C)C)C(Br)=Cc2nc(OCC34CCCN3CC4)nc(N3CCOCC(C)(O)C3)c21. The van der Waals surface area contributed by atoms with Gasteiger partial charge in [0.05, 0.1) is 42.3 Å². The van der Waals surface area contributed by atoms with Crippen LogP contribution in [0.4, 0.5) is 5.82 Å². The molecule has 3 aliphatic heterocycles. The van der Waals surface area contributed by atoms with E-state index in [9.17, 15) is 5.11 Å². The average Bonchev–Trinajstić information content (AvgIpc) is 2.95. The van der Waals surface area contributed by atoms with Crippen molar-refractivity contribution in [2.75, 3.05) is 50.9 Å². The van der Waals surface area contributed by atoms with Gasteiger partial charge in [-0.25, -0.2) is 0 Å². The van der Waals surface area contributed by atoms with Gasteiger partial charge >= 0.3 is 6.01 Å². The van der Waals surface area contributed by atoms with Crippen molar-refractivity contribution in [3.8, 4) is 6.01 Å². The number of halogens is 1. The number of nitrogens with zero attached hydrogens (tertiary/aromatic N) is 5. The summed E-state index contributed by atoms with van der Waals surface area (Å²) in [4.78, 5) is 19.3. The number of ether oxygens (including phenoxy) is 2. The van der Waals surface area contributed by atoms with Crippen LogP contribution in [0, 0.1) is 0 Å². The number of rotatable bonds is 5. The van der Waals surface area contributed by atoms with Crippen LogP contribution in [0.2, 0.25) is 0 Å². The molecule has 5 rings (SSSR count). The molecule has 4 heterocycles. The molecule has 35 heavy (non-hydrogen) atoms. The first-order valence-corrected chi connectivity index (χ1v) is 13.5. The Kier molecular flexibility index (Phi) is 6.80. The van der Waals surface area contributed by atoms with E-state index in [0.717, 1.165) is 45.9 Å². The highest BCUT2D eigenvalue weighted by Gasteiger charge is 2.48. The van der Waals surface area contributed by atoms with Crippen molar-refractivity contribution < 1.29 is 14.6 Å². The van der Waals surface area contributed by atoms with E-state index in [0.29, 0.717) is 38.9 Å². The third kappa shape index (κ3) is 4.80. The molecule has 4 aliphatic rings. The van der Waals surface area contributed by atoms with Crippen molar-refractivity contribution in [1.29, 1.82) is 0 Å². The summed E-state index contributed by atoms with van der Waals surface area (Å²) in [5, 5.41) is 10.9. The Balaban J connectivity index is 1.58. The van der Waals surface area contributed by atoms with E-state index in [1.165, 1.54) is 19.3 Å². The van der Waals surface area contributed by atoms with E-state index < -0.39 is 5.60 Å². The summed E-state index contributed by atoms with van der Waals surface area (Å²) in [5.41, 5.74) is 2.74. The van der Waals surface area contributed by atoms with Gasteiger partial charge in [-0.2, -0.15) is 9.97 Å². The van der Waals surface area contributed by atoms with Gasteiger partial charge in [-0.1, -0.05) is 6.08 Å². The van der Waals surface area contributed by atoms with Crippen molar-refractivity contribution in [3.63, 3.8) is 0 Å². The summed E-state index contributed by atoms with van der Waals surface area (Å²) in [6.45, 7) is 12.7. The van der Waals surface area contributed by atoms with Crippen LogP contribution in [-0.2, 0) is 4.74 Å². The fourth-order valence-corrected chi connectivity index (χ4v) is 6.18. The third-order valence-electron chi connectivity index (χ3n) is 7.40. The first-order chi connectivity index (χ1) is 16.7. The van der Waals surface area contributed by atoms with E-state index in [-0.39, 0.29) is 11.6 Å². The molecule has 0 spiro atoms. The van der Waals surface area contributed by atoms with Gasteiger partial charge < -0.3 is 19.5 Å². The minimum absolute atomic E-state index is 0.137. The van der Waals surface area contributed by atoms with Crippen molar-refractivity contribution in [2.24, 2.45) is 4.99 Å². The average molecular weight is 547 g/mol. The second kappa shape index (κ2) is 9.57. The Hall–Kier alpha value is -1.81. The zero-order valence-corrected chi connectivity index (χ0v) is 22.8. The Morgan fingerprint density at radius 3 is 2.80 bits per heavy atom. The monoisotopic (exact) mass is 545 g/mol. The van der Waals surface area contributed by atoms with Crippen molar-refractivity contribution in [3.05, 3.63) is 21.8 Å². The molecule has 2 atom stereocenters. The standard InChI is InChI=1S/C26H36BrN5O3/c1-5-18-21-20(13-19(27)22(18)28-17(2)3)29-24(35-16-26-7-6-9-32(26)10-8-26)30-23(21)31-11-12-34-15-25(4,33)14-31/h5,13,17,33H,6-12,14-16H2,1-4H3/b18-5-,28-22?. The van der Waals surface area contributed by atoms with Gasteiger partial charge in [0, 0.05) is 29.2 Å². The summed E-state index contributed by atoms with van der Waals surface area (Å²) < 4.78 is 12.9. The maximum Gasteiger partial charge on any atom is 0.319 e. The summed E-state index contributed by atoms with van der Waals surface area (Å²) in [6.07, 6.45) is 7.64. The molecule has 8 nitrogen and oxygen atoms in total. The summed E-state index contributed by atoms with van der Waals surface area (Å²) in [6, 6.07) is 0.519. The summed E-state index contributed by atoms with van der Waals surface area (Å²) >= 11 is 3.74. The van der Waals surface area contributed by atoms with Crippen LogP contribution in [0.15, 0.2) is 15.6 Å². The van der Waals surface area contributed by atoms with E-state index in [4.69, 9.17) is 24.4 Å². The molecular weight excluding hydrogens is 510 g/mol. The molecule has 2 unspecified atom stereocenters. The molecule has 9 heteroatoms. The molecule has 1 aliphatic carbocycles. The second-order valence-electron chi connectivity index (χ2n) is 10.7. The van der Waals surface area contributed by atoms with Gasteiger partial charge in [0.15, 0.2) is 0 Å². The highest BCUT2D eigenvalue weighted by atomic mass is 79.9. The predicted octanol–water partition coefficient (Wildman–Crippen LogP) is 3.68. The van der Waals surface area contributed by atoms with Crippen LogP contribution in [0.3, 0.4) is 0 Å².